The highest BCUT2D eigenvalue weighted by Crippen LogP contribution is 2.17. The van der Waals surface area contributed by atoms with Gasteiger partial charge in [-0.2, -0.15) is 0 Å². The Balaban J connectivity index is 2.64. The van der Waals surface area contributed by atoms with Crippen molar-refractivity contribution in [2.45, 2.75) is 18.1 Å². The summed E-state index contributed by atoms with van der Waals surface area (Å²) in [6, 6.07) is 0. The average Bonchev–Trinajstić information content (AvgIpc) is 2.48. The van der Waals surface area contributed by atoms with Crippen molar-refractivity contribution in [2.75, 3.05) is 5.75 Å². The molecule has 1 aromatic heterocycles. The number of fused-ring (bicyclic) bond motifs is 1. The van der Waals surface area contributed by atoms with Gasteiger partial charge in [0.2, 0.25) is 15.0 Å². The van der Waals surface area contributed by atoms with Crippen LogP contribution in [0, 0.1) is 0 Å². The third kappa shape index (κ3) is 1.27. The molecule has 0 N–H and O–H groups in total. The lowest BCUT2D eigenvalue weighted by atomic mass is 10.4. The zero-order valence-corrected chi connectivity index (χ0v) is 7.62. The topological polar surface area (TPSA) is 69.0 Å². The number of hydrogen-bond donors (Lipinski definition) is 0. The molecule has 1 aliphatic rings. The molecule has 6 heteroatoms. The van der Waals surface area contributed by atoms with Crippen LogP contribution in [0.1, 0.15) is 16.9 Å². The zero-order chi connectivity index (χ0) is 9.47. The summed E-state index contributed by atoms with van der Waals surface area (Å²) in [6.07, 6.45) is 2.61. The summed E-state index contributed by atoms with van der Waals surface area (Å²) in [7, 11) is -3.24. The van der Waals surface area contributed by atoms with E-state index < -0.39 is 9.84 Å². The lowest BCUT2D eigenvalue weighted by molar-refractivity contribution is 0.111. The number of sulfone groups is 1. The van der Waals surface area contributed by atoms with Crippen molar-refractivity contribution < 1.29 is 13.2 Å². The highest BCUT2D eigenvalue weighted by Gasteiger charge is 2.26. The predicted molar refractivity (Wildman–Crippen MR) is 44.3 cm³/mol. The maximum absolute atomic E-state index is 11.4. The number of hydrogen-bond acceptors (Lipinski definition) is 4. The molecular weight excluding hydrogens is 192 g/mol. The van der Waals surface area contributed by atoms with Gasteiger partial charge in [0, 0.05) is 12.7 Å². The van der Waals surface area contributed by atoms with Crippen molar-refractivity contribution in [2.24, 2.45) is 0 Å². The van der Waals surface area contributed by atoms with E-state index in [2.05, 4.69) is 4.98 Å². The van der Waals surface area contributed by atoms with Gasteiger partial charge in [-0.3, -0.25) is 4.79 Å². The highest BCUT2D eigenvalue weighted by molar-refractivity contribution is 7.91. The molecule has 5 nitrogen and oxygen atoms in total. The minimum atomic E-state index is -3.24. The SMILES string of the molecule is O=Cc1cn2c(n1)S(=O)(=O)CCC2. The maximum atomic E-state index is 11.4. The van der Waals surface area contributed by atoms with Crippen LogP contribution in [0.2, 0.25) is 0 Å². The Morgan fingerprint density at radius 3 is 2.92 bits per heavy atom. The first kappa shape index (κ1) is 8.43. The van der Waals surface area contributed by atoms with E-state index in [0.29, 0.717) is 19.3 Å². The Kier molecular flexibility index (Phi) is 1.73. The van der Waals surface area contributed by atoms with Crippen LogP contribution in [0.25, 0.3) is 0 Å². The minimum Gasteiger partial charge on any atom is -0.321 e. The number of imidazole rings is 1. The summed E-state index contributed by atoms with van der Waals surface area (Å²) >= 11 is 0. The monoisotopic (exact) mass is 200 g/mol. The van der Waals surface area contributed by atoms with Crippen molar-refractivity contribution in [3.63, 3.8) is 0 Å². The van der Waals surface area contributed by atoms with Crippen LogP contribution in [-0.4, -0.2) is 30.0 Å². The summed E-state index contributed by atoms with van der Waals surface area (Å²) in [5.74, 6) is 0.127. The van der Waals surface area contributed by atoms with Crippen LogP contribution >= 0.6 is 0 Å². The fourth-order valence-corrected chi connectivity index (χ4v) is 2.84. The number of carbonyl (C=O) groups excluding carboxylic acids is 1. The number of rotatable bonds is 1. The van der Waals surface area contributed by atoms with E-state index in [1.807, 2.05) is 0 Å². The van der Waals surface area contributed by atoms with Gasteiger partial charge >= 0.3 is 0 Å². The fourth-order valence-electron chi connectivity index (χ4n) is 1.40. The number of nitrogens with zero attached hydrogens (tertiary/aromatic N) is 2. The van der Waals surface area contributed by atoms with E-state index in [0.717, 1.165) is 0 Å². The van der Waals surface area contributed by atoms with Crippen molar-refractivity contribution in [3.8, 4) is 0 Å². The van der Waals surface area contributed by atoms with Crippen molar-refractivity contribution in [3.05, 3.63) is 11.9 Å². The molecule has 2 rings (SSSR count). The highest BCUT2D eigenvalue weighted by atomic mass is 32.2. The average molecular weight is 200 g/mol. The Hall–Kier alpha value is -1.17. The Morgan fingerprint density at radius 2 is 2.31 bits per heavy atom. The molecule has 70 valence electrons. The van der Waals surface area contributed by atoms with Gasteiger partial charge in [-0.15, -0.1) is 0 Å². The van der Waals surface area contributed by atoms with E-state index in [4.69, 9.17) is 0 Å². The number of aldehydes is 1. The van der Waals surface area contributed by atoms with Gasteiger partial charge in [0.05, 0.1) is 5.75 Å². The molecule has 1 aromatic rings. The van der Waals surface area contributed by atoms with E-state index in [-0.39, 0.29) is 16.6 Å². The third-order valence-corrected chi connectivity index (χ3v) is 3.68. The van der Waals surface area contributed by atoms with Gasteiger partial charge in [-0.05, 0) is 6.42 Å². The number of aromatic nitrogens is 2. The summed E-state index contributed by atoms with van der Waals surface area (Å²) in [5.41, 5.74) is 0.181. The maximum Gasteiger partial charge on any atom is 0.228 e. The van der Waals surface area contributed by atoms with E-state index in [1.165, 1.54) is 10.8 Å². The molecule has 0 amide bonds. The van der Waals surface area contributed by atoms with Gasteiger partial charge in [0.15, 0.2) is 6.29 Å². The van der Waals surface area contributed by atoms with Crippen LogP contribution in [0.15, 0.2) is 11.4 Å². The number of aryl methyl sites for hydroxylation is 1. The van der Waals surface area contributed by atoms with Gasteiger partial charge < -0.3 is 4.57 Å². The lowest BCUT2D eigenvalue weighted by Crippen LogP contribution is -2.20. The van der Waals surface area contributed by atoms with Crippen molar-refractivity contribution in [1.82, 2.24) is 9.55 Å². The first-order valence-corrected chi connectivity index (χ1v) is 5.54. The van der Waals surface area contributed by atoms with Crippen molar-refractivity contribution >= 4 is 16.1 Å². The van der Waals surface area contributed by atoms with Crippen LogP contribution in [-0.2, 0) is 16.4 Å². The van der Waals surface area contributed by atoms with E-state index >= 15 is 0 Å². The third-order valence-electron chi connectivity index (χ3n) is 1.97. The van der Waals surface area contributed by atoms with Gasteiger partial charge in [0.25, 0.3) is 0 Å². The van der Waals surface area contributed by atoms with Crippen LogP contribution in [0.4, 0.5) is 0 Å². The molecule has 1 aliphatic heterocycles. The normalized spacial score (nSPS) is 19.4. The van der Waals surface area contributed by atoms with Crippen LogP contribution < -0.4 is 0 Å². The second kappa shape index (κ2) is 2.66. The standard InChI is InChI=1S/C7H8N2O3S/c10-5-6-4-9-2-1-3-13(11,12)7(9)8-6/h4-5H,1-3H2. The Labute approximate surface area is 75.3 Å². The summed E-state index contributed by atoms with van der Waals surface area (Å²) < 4.78 is 24.3. The molecule has 0 spiro atoms. The molecule has 0 unspecified atom stereocenters. The van der Waals surface area contributed by atoms with E-state index in [9.17, 15) is 13.2 Å². The van der Waals surface area contributed by atoms with Gasteiger partial charge in [0.1, 0.15) is 5.69 Å². The summed E-state index contributed by atoms with van der Waals surface area (Å²) in [5, 5.41) is 0.0286. The molecule has 0 bridgehead atoms. The molecule has 0 aromatic carbocycles. The molecule has 0 aliphatic carbocycles. The molecule has 0 atom stereocenters. The smallest absolute Gasteiger partial charge is 0.228 e. The van der Waals surface area contributed by atoms with Crippen LogP contribution in [0.3, 0.4) is 0 Å². The summed E-state index contributed by atoms with van der Waals surface area (Å²) in [4.78, 5) is 14.1. The molecule has 0 saturated heterocycles. The first-order chi connectivity index (χ1) is 6.13. The Bertz CT molecular complexity index is 446. The second-order valence-electron chi connectivity index (χ2n) is 2.93. The fraction of sp³-hybridized carbons (Fsp3) is 0.429. The predicted octanol–water partition coefficient (Wildman–Crippen LogP) is -0.127. The molecular formula is C7H8N2O3S. The quantitative estimate of drug-likeness (QED) is 0.592. The van der Waals surface area contributed by atoms with Crippen LogP contribution in [0.5, 0.6) is 0 Å². The largest absolute Gasteiger partial charge is 0.321 e. The van der Waals surface area contributed by atoms with Gasteiger partial charge in [-0.25, -0.2) is 13.4 Å². The second-order valence-corrected chi connectivity index (χ2v) is 4.93. The zero-order valence-electron chi connectivity index (χ0n) is 6.80. The molecule has 0 saturated carbocycles. The molecule has 13 heavy (non-hydrogen) atoms. The lowest BCUT2D eigenvalue weighted by Gasteiger charge is -2.12. The number of carbonyl (C=O) groups is 1. The van der Waals surface area contributed by atoms with E-state index in [1.54, 1.807) is 0 Å². The molecule has 0 radical (unpaired) electrons. The van der Waals surface area contributed by atoms with Gasteiger partial charge in [-0.1, -0.05) is 0 Å². The van der Waals surface area contributed by atoms with Crippen molar-refractivity contribution in [1.29, 1.82) is 0 Å². The minimum absolute atomic E-state index is 0.0286. The molecule has 0 fully saturated rings. The first-order valence-electron chi connectivity index (χ1n) is 3.88. The molecule has 2 heterocycles. The Morgan fingerprint density at radius 1 is 1.54 bits per heavy atom. The summed E-state index contributed by atoms with van der Waals surface area (Å²) in [6.45, 7) is 0.620.